The molecule has 7 nitrogen and oxygen atoms in total. The highest BCUT2D eigenvalue weighted by Gasteiger charge is 2.25. The lowest BCUT2D eigenvalue weighted by Gasteiger charge is -2.33. The van der Waals surface area contributed by atoms with Crippen LogP contribution >= 0.6 is 20.8 Å². The minimum Gasteiger partial charge on any atom is -0.462 e. The summed E-state index contributed by atoms with van der Waals surface area (Å²) in [5, 5.41) is 8.15. The van der Waals surface area contributed by atoms with Gasteiger partial charge in [-0.1, -0.05) is 41.9 Å². The Labute approximate surface area is 224 Å². The Morgan fingerprint density at radius 1 is 1.16 bits per heavy atom. The van der Waals surface area contributed by atoms with Crippen LogP contribution in [0.3, 0.4) is 0 Å². The van der Waals surface area contributed by atoms with Gasteiger partial charge in [-0.25, -0.2) is 0 Å². The van der Waals surface area contributed by atoms with Crippen molar-refractivity contribution < 1.29 is 4.74 Å². The molecule has 37 heavy (non-hydrogen) atoms. The van der Waals surface area contributed by atoms with E-state index in [4.69, 9.17) is 31.3 Å². The second kappa shape index (κ2) is 10.3. The standard InChI is InChI=1S/C28H32ClN6OP/c1-17-15-35(13-11-30-17)27-21-14-31-24(20-9-3-6-18-7-4-10-22(29)23(18)20)26(37)25(21)32-28(33-27)36-16-19-8-5-12-34(19)2/h3-4,6-7,9-10,14,17,19,30H,5,8,11-13,15-16,37H2,1-2H3/t17?,19-/m0/s1. The molecule has 0 spiro atoms. The minimum absolute atomic E-state index is 0.371. The van der Waals surface area contributed by atoms with Crippen LogP contribution in [0.1, 0.15) is 19.8 Å². The molecule has 192 valence electrons. The molecule has 2 saturated heterocycles. The van der Waals surface area contributed by atoms with Gasteiger partial charge in [-0.3, -0.25) is 4.98 Å². The Morgan fingerprint density at radius 2 is 2.00 bits per heavy atom. The van der Waals surface area contributed by atoms with E-state index < -0.39 is 0 Å². The summed E-state index contributed by atoms with van der Waals surface area (Å²) in [7, 11) is 5.04. The molecule has 0 amide bonds. The summed E-state index contributed by atoms with van der Waals surface area (Å²) in [5.74, 6) is 0.881. The number of hydrogen-bond acceptors (Lipinski definition) is 7. The second-order valence-electron chi connectivity index (χ2n) is 10.1. The number of rotatable bonds is 5. The van der Waals surface area contributed by atoms with Crippen molar-refractivity contribution in [2.24, 2.45) is 0 Å². The van der Waals surface area contributed by atoms with Gasteiger partial charge in [0, 0.05) is 59.2 Å². The van der Waals surface area contributed by atoms with Gasteiger partial charge in [-0.15, -0.1) is 9.24 Å². The van der Waals surface area contributed by atoms with Gasteiger partial charge < -0.3 is 19.9 Å². The highest BCUT2D eigenvalue weighted by atomic mass is 35.5. The topological polar surface area (TPSA) is 66.4 Å². The number of nitrogens with zero attached hydrogens (tertiary/aromatic N) is 5. The zero-order chi connectivity index (χ0) is 25.5. The molecule has 2 aromatic heterocycles. The number of piperazine rings is 1. The highest BCUT2D eigenvalue weighted by Crippen LogP contribution is 2.35. The summed E-state index contributed by atoms with van der Waals surface area (Å²) in [4.78, 5) is 19.5. The zero-order valence-corrected chi connectivity index (χ0v) is 23.2. The molecule has 4 heterocycles. The van der Waals surface area contributed by atoms with Crippen LogP contribution in [-0.4, -0.2) is 71.8 Å². The fraction of sp³-hybridized carbons (Fsp3) is 0.393. The fourth-order valence-electron chi connectivity index (χ4n) is 5.57. The molecule has 2 fully saturated rings. The van der Waals surface area contributed by atoms with Crippen molar-refractivity contribution in [1.82, 2.24) is 25.2 Å². The predicted molar refractivity (Wildman–Crippen MR) is 155 cm³/mol. The van der Waals surface area contributed by atoms with Crippen molar-refractivity contribution in [2.75, 3.05) is 44.7 Å². The Bertz CT molecular complexity index is 1460. The van der Waals surface area contributed by atoms with E-state index in [1.54, 1.807) is 0 Å². The largest absolute Gasteiger partial charge is 0.462 e. The van der Waals surface area contributed by atoms with Gasteiger partial charge in [0.25, 0.3) is 0 Å². The summed E-state index contributed by atoms with van der Waals surface area (Å²) >= 11 is 6.67. The number of likely N-dealkylation sites (tertiary alicyclic amines) is 1. The molecule has 2 aromatic carbocycles. The van der Waals surface area contributed by atoms with Crippen molar-refractivity contribution >= 4 is 53.6 Å². The monoisotopic (exact) mass is 534 g/mol. The van der Waals surface area contributed by atoms with Gasteiger partial charge >= 0.3 is 6.01 Å². The van der Waals surface area contributed by atoms with Gasteiger partial charge in [-0.2, -0.15) is 9.97 Å². The molecule has 0 radical (unpaired) electrons. The van der Waals surface area contributed by atoms with E-state index in [-0.39, 0.29) is 0 Å². The van der Waals surface area contributed by atoms with Crippen molar-refractivity contribution in [2.45, 2.75) is 31.8 Å². The molecule has 2 aliphatic heterocycles. The highest BCUT2D eigenvalue weighted by molar-refractivity contribution is 7.28. The Balaban J connectivity index is 1.48. The van der Waals surface area contributed by atoms with Crippen LogP contribution < -0.4 is 20.3 Å². The Morgan fingerprint density at radius 3 is 2.78 bits per heavy atom. The quantitative estimate of drug-likeness (QED) is 0.384. The summed E-state index contributed by atoms with van der Waals surface area (Å²) in [5.41, 5.74) is 2.67. The summed E-state index contributed by atoms with van der Waals surface area (Å²) < 4.78 is 6.26. The SMILES string of the molecule is CC1CN(c2nc(OC[C@@H]3CCCN3C)nc3c(P)c(-c4cccc5cccc(Cl)c45)ncc23)CCN1. The molecular formula is C28H32ClN6OP. The molecule has 1 N–H and O–H groups in total. The number of fused-ring (bicyclic) bond motifs is 2. The van der Waals surface area contributed by atoms with Gasteiger partial charge in [-0.05, 0) is 44.8 Å². The molecule has 2 unspecified atom stereocenters. The van der Waals surface area contributed by atoms with E-state index in [2.05, 4.69) is 56.5 Å². The van der Waals surface area contributed by atoms with Crippen LogP contribution in [0.5, 0.6) is 6.01 Å². The van der Waals surface area contributed by atoms with Crippen molar-refractivity contribution in [1.29, 1.82) is 0 Å². The average Bonchev–Trinajstić information content (AvgIpc) is 3.32. The first kappa shape index (κ1) is 24.7. The maximum atomic E-state index is 6.67. The first-order chi connectivity index (χ1) is 18.0. The number of aromatic nitrogens is 3. The number of likely N-dealkylation sites (N-methyl/N-ethyl adjacent to an activating group) is 1. The predicted octanol–water partition coefficient (Wildman–Crippen LogP) is 4.27. The summed E-state index contributed by atoms with van der Waals surface area (Å²) in [6, 6.07) is 13.4. The van der Waals surface area contributed by atoms with Crippen LogP contribution in [0.25, 0.3) is 32.9 Å². The molecule has 0 bridgehead atoms. The minimum atomic E-state index is 0.371. The van der Waals surface area contributed by atoms with E-state index in [0.717, 1.165) is 76.7 Å². The lowest BCUT2D eigenvalue weighted by molar-refractivity contribution is 0.188. The average molecular weight is 535 g/mol. The molecule has 4 aromatic rings. The molecule has 0 saturated carbocycles. The van der Waals surface area contributed by atoms with E-state index in [9.17, 15) is 0 Å². The van der Waals surface area contributed by atoms with Crippen molar-refractivity contribution in [3.05, 3.63) is 47.6 Å². The Hall–Kier alpha value is -2.57. The molecule has 9 heteroatoms. The number of benzene rings is 2. The number of hydrogen-bond donors (Lipinski definition) is 1. The molecular weight excluding hydrogens is 503 g/mol. The lowest BCUT2D eigenvalue weighted by atomic mass is 10.0. The van der Waals surface area contributed by atoms with Gasteiger partial charge in [0.2, 0.25) is 0 Å². The van der Waals surface area contributed by atoms with Crippen LogP contribution in [0.2, 0.25) is 5.02 Å². The Kier molecular flexibility index (Phi) is 6.89. The fourth-order valence-corrected chi connectivity index (χ4v) is 6.30. The normalized spacial score (nSPS) is 20.7. The molecule has 3 atom stereocenters. The maximum Gasteiger partial charge on any atom is 0.319 e. The molecule has 2 aliphatic rings. The van der Waals surface area contributed by atoms with Gasteiger partial charge in [0.15, 0.2) is 0 Å². The van der Waals surface area contributed by atoms with E-state index >= 15 is 0 Å². The number of nitrogens with one attached hydrogen (secondary N) is 1. The van der Waals surface area contributed by atoms with E-state index in [0.29, 0.717) is 29.7 Å². The van der Waals surface area contributed by atoms with E-state index in [1.807, 2.05) is 24.4 Å². The van der Waals surface area contributed by atoms with Crippen molar-refractivity contribution in [3.63, 3.8) is 0 Å². The molecule has 0 aliphatic carbocycles. The number of ether oxygens (including phenoxy) is 1. The van der Waals surface area contributed by atoms with E-state index in [1.165, 1.54) is 6.42 Å². The number of pyridine rings is 1. The van der Waals surface area contributed by atoms with Gasteiger partial charge in [0.05, 0.1) is 16.6 Å². The number of anilines is 1. The molecule has 6 rings (SSSR count). The second-order valence-corrected chi connectivity index (χ2v) is 11.1. The van der Waals surface area contributed by atoms with Gasteiger partial charge in [0.1, 0.15) is 12.4 Å². The smallest absolute Gasteiger partial charge is 0.319 e. The van der Waals surface area contributed by atoms with Crippen LogP contribution in [0.15, 0.2) is 42.6 Å². The first-order valence-corrected chi connectivity index (χ1v) is 13.9. The van der Waals surface area contributed by atoms with Crippen LogP contribution in [0.4, 0.5) is 5.82 Å². The zero-order valence-electron chi connectivity index (χ0n) is 21.2. The third-order valence-electron chi connectivity index (χ3n) is 7.59. The lowest BCUT2D eigenvalue weighted by Crippen LogP contribution is -2.49. The third-order valence-corrected chi connectivity index (χ3v) is 8.45. The summed E-state index contributed by atoms with van der Waals surface area (Å²) in [6.07, 6.45) is 4.24. The van der Waals surface area contributed by atoms with Crippen LogP contribution in [0, 0.1) is 0 Å². The maximum absolute atomic E-state index is 6.67. The number of halogens is 1. The third kappa shape index (κ3) is 4.74. The first-order valence-electron chi connectivity index (χ1n) is 12.9. The van der Waals surface area contributed by atoms with Crippen molar-refractivity contribution in [3.8, 4) is 17.3 Å². The van der Waals surface area contributed by atoms with Crippen LogP contribution in [-0.2, 0) is 0 Å². The summed E-state index contributed by atoms with van der Waals surface area (Å²) in [6.45, 7) is 6.53.